The van der Waals surface area contributed by atoms with Crippen LogP contribution in [0.4, 0.5) is 10.5 Å². The Hall–Kier alpha value is -3.52. The van der Waals surface area contributed by atoms with Gasteiger partial charge in [-0.15, -0.1) is 0 Å². The zero-order valence-electron chi connectivity index (χ0n) is 18.8. The first-order valence-corrected chi connectivity index (χ1v) is 11.3. The minimum absolute atomic E-state index is 0.237. The molecule has 1 heterocycles. The monoisotopic (exact) mass is 466 g/mol. The van der Waals surface area contributed by atoms with Gasteiger partial charge >= 0.3 is 0 Å². The first-order chi connectivity index (χ1) is 15.8. The van der Waals surface area contributed by atoms with Crippen molar-refractivity contribution in [3.63, 3.8) is 0 Å². The van der Waals surface area contributed by atoms with Crippen LogP contribution >= 0.6 is 11.8 Å². The lowest BCUT2D eigenvalue weighted by atomic mass is 10.1. The summed E-state index contributed by atoms with van der Waals surface area (Å²) >= 11 is 0.800. The molecule has 8 heteroatoms. The van der Waals surface area contributed by atoms with Crippen molar-refractivity contribution >= 4 is 40.6 Å². The lowest BCUT2D eigenvalue weighted by Crippen LogP contribution is -2.36. The highest BCUT2D eigenvalue weighted by molar-refractivity contribution is 8.18. The van der Waals surface area contributed by atoms with E-state index in [1.165, 1.54) is 0 Å². The second-order valence-corrected chi connectivity index (χ2v) is 8.35. The van der Waals surface area contributed by atoms with Gasteiger partial charge in [-0.3, -0.25) is 19.3 Å². The Labute approximate surface area is 197 Å². The van der Waals surface area contributed by atoms with E-state index in [-0.39, 0.29) is 11.4 Å². The maximum Gasteiger partial charge on any atom is 0.294 e. The van der Waals surface area contributed by atoms with E-state index in [4.69, 9.17) is 9.47 Å². The molecule has 0 radical (unpaired) electrons. The molecule has 7 nitrogen and oxygen atoms in total. The normalized spacial score (nSPS) is 14.5. The van der Waals surface area contributed by atoms with Crippen molar-refractivity contribution in [2.75, 3.05) is 25.1 Å². The average molecular weight is 467 g/mol. The standard InChI is InChI=1S/C25H26N2O5S/c1-5-11-32-20-10-8-18(13-21(20)31-6-2)14-22-24(29)27(25(30)33-22)15-23(28)26-19-9-7-16(3)17(4)12-19/h5,7-10,12-14H,1,6,11,15H2,2-4H3,(H,26,28). The van der Waals surface area contributed by atoms with E-state index < -0.39 is 17.1 Å². The van der Waals surface area contributed by atoms with Crippen LogP contribution in [0.5, 0.6) is 11.5 Å². The van der Waals surface area contributed by atoms with Gasteiger partial charge in [-0.25, -0.2) is 0 Å². The van der Waals surface area contributed by atoms with Gasteiger partial charge in [0.2, 0.25) is 5.91 Å². The number of rotatable bonds is 9. The zero-order chi connectivity index (χ0) is 24.0. The number of hydrogen-bond donors (Lipinski definition) is 1. The zero-order valence-corrected chi connectivity index (χ0v) is 19.7. The maximum atomic E-state index is 12.8. The molecule has 33 heavy (non-hydrogen) atoms. The molecule has 1 N–H and O–H groups in total. The Balaban J connectivity index is 1.72. The number of aryl methyl sites for hydroxylation is 2. The summed E-state index contributed by atoms with van der Waals surface area (Å²) in [6.45, 7) is 9.84. The number of anilines is 1. The fourth-order valence-electron chi connectivity index (χ4n) is 3.10. The van der Waals surface area contributed by atoms with Gasteiger partial charge < -0.3 is 14.8 Å². The van der Waals surface area contributed by atoms with Gasteiger partial charge in [0.25, 0.3) is 11.1 Å². The number of thioether (sulfide) groups is 1. The van der Waals surface area contributed by atoms with Crippen LogP contribution in [0.25, 0.3) is 6.08 Å². The smallest absolute Gasteiger partial charge is 0.294 e. The predicted octanol–water partition coefficient (Wildman–Crippen LogP) is 4.94. The summed E-state index contributed by atoms with van der Waals surface area (Å²) < 4.78 is 11.2. The number of carbonyl (C=O) groups excluding carboxylic acids is 3. The SMILES string of the molecule is C=CCOc1ccc(C=C2SC(=O)N(CC(=O)Nc3ccc(C)c(C)c3)C2=O)cc1OCC. The Morgan fingerprint density at radius 3 is 2.58 bits per heavy atom. The molecule has 1 fully saturated rings. The van der Waals surface area contributed by atoms with Crippen LogP contribution in [0.3, 0.4) is 0 Å². The Bertz CT molecular complexity index is 1130. The van der Waals surface area contributed by atoms with Crippen LogP contribution < -0.4 is 14.8 Å². The molecule has 1 aliphatic rings. The third-order valence-corrected chi connectivity index (χ3v) is 5.80. The quantitative estimate of drug-likeness (QED) is 0.416. The molecule has 0 aliphatic carbocycles. The minimum atomic E-state index is -0.509. The largest absolute Gasteiger partial charge is 0.490 e. The molecule has 0 aromatic heterocycles. The first-order valence-electron chi connectivity index (χ1n) is 10.5. The number of imide groups is 1. The van der Waals surface area contributed by atoms with Gasteiger partial charge in [0.05, 0.1) is 11.5 Å². The van der Waals surface area contributed by atoms with E-state index in [2.05, 4.69) is 11.9 Å². The first kappa shape index (κ1) is 24.1. The topological polar surface area (TPSA) is 84.9 Å². The molecule has 0 unspecified atom stereocenters. The van der Waals surface area contributed by atoms with Crippen molar-refractivity contribution in [2.45, 2.75) is 20.8 Å². The fraction of sp³-hybridized carbons (Fsp3) is 0.240. The van der Waals surface area contributed by atoms with E-state index >= 15 is 0 Å². The van der Waals surface area contributed by atoms with Crippen molar-refractivity contribution in [3.05, 3.63) is 70.6 Å². The van der Waals surface area contributed by atoms with Crippen LogP contribution in [-0.4, -0.2) is 41.7 Å². The number of nitrogens with zero attached hydrogens (tertiary/aromatic N) is 1. The molecule has 0 bridgehead atoms. The van der Waals surface area contributed by atoms with E-state index in [1.807, 2.05) is 32.9 Å². The van der Waals surface area contributed by atoms with Gasteiger partial charge in [-0.05, 0) is 79.6 Å². The van der Waals surface area contributed by atoms with E-state index in [9.17, 15) is 14.4 Å². The molecule has 1 saturated heterocycles. The Kier molecular flexibility index (Phi) is 7.95. The lowest BCUT2D eigenvalue weighted by Gasteiger charge is -2.13. The van der Waals surface area contributed by atoms with Crippen molar-refractivity contribution in [2.24, 2.45) is 0 Å². The van der Waals surface area contributed by atoms with Crippen molar-refractivity contribution in [3.8, 4) is 11.5 Å². The summed E-state index contributed by atoms with van der Waals surface area (Å²) in [6.07, 6.45) is 3.24. The van der Waals surface area contributed by atoms with Crippen LogP contribution in [0, 0.1) is 13.8 Å². The Morgan fingerprint density at radius 1 is 1.09 bits per heavy atom. The summed E-state index contributed by atoms with van der Waals surface area (Å²) in [7, 11) is 0. The molecular formula is C25H26N2O5S. The van der Waals surface area contributed by atoms with E-state index in [0.29, 0.717) is 36.0 Å². The fourth-order valence-corrected chi connectivity index (χ4v) is 3.94. The summed E-state index contributed by atoms with van der Waals surface area (Å²) in [4.78, 5) is 38.8. The summed E-state index contributed by atoms with van der Waals surface area (Å²) in [6, 6.07) is 10.8. The third kappa shape index (κ3) is 6.04. The molecule has 1 aliphatic heterocycles. The third-order valence-electron chi connectivity index (χ3n) is 4.89. The number of amides is 3. The molecule has 0 spiro atoms. The molecule has 2 aromatic rings. The highest BCUT2D eigenvalue weighted by atomic mass is 32.2. The molecule has 3 amide bonds. The molecule has 3 rings (SSSR count). The molecule has 172 valence electrons. The summed E-state index contributed by atoms with van der Waals surface area (Å²) in [5.74, 6) is 0.138. The van der Waals surface area contributed by atoms with Gasteiger partial charge in [-0.2, -0.15) is 0 Å². The van der Waals surface area contributed by atoms with Crippen LogP contribution in [0.2, 0.25) is 0 Å². The average Bonchev–Trinajstić information content (AvgIpc) is 3.03. The number of benzene rings is 2. The lowest BCUT2D eigenvalue weighted by molar-refractivity contribution is -0.127. The summed E-state index contributed by atoms with van der Waals surface area (Å²) in [5, 5.41) is 2.25. The van der Waals surface area contributed by atoms with Crippen molar-refractivity contribution in [1.82, 2.24) is 4.90 Å². The van der Waals surface area contributed by atoms with Crippen LogP contribution in [-0.2, 0) is 9.59 Å². The molecule has 0 atom stereocenters. The number of hydrogen-bond acceptors (Lipinski definition) is 6. The van der Waals surface area contributed by atoms with Crippen molar-refractivity contribution < 1.29 is 23.9 Å². The second kappa shape index (κ2) is 10.9. The minimum Gasteiger partial charge on any atom is -0.490 e. The van der Waals surface area contributed by atoms with Crippen LogP contribution in [0.15, 0.2) is 54.0 Å². The van der Waals surface area contributed by atoms with Crippen LogP contribution in [0.1, 0.15) is 23.6 Å². The number of carbonyl (C=O) groups is 3. The highest BCUT2D eigenvalue weighted by Crippen LogP contribution is 2.34. The molecular weight excluding hydrogens is 440 g/mol. The Morgan fingerprint density at radius 2 is 1.88 bits per heavy atom. The maximum absolute atomic E-state index is 12.8. The van der Waals surface area contributed by atoms with Gasteiger partial charge in [-0.1, -0.05) is 24.8 Å². The highest BCUT2D eigenvalue weighted by Gasteiger charge is 2.36. The van der Waals surface area contributed by atoms with E-state index in [0.717, 1.165) is 27.8 Å². The second-order valence-electron chi connectivity index (χ2n) is 7.35. The number of ether oxygens (including phenoxy) is 2. The van der Waals surface area contributed by atoms with E-state index in [1.54, 1.807) is 36.4 Å². The molecule has 2 aromatic carbocycles. The van der Waals surface area contributed by atoms with Gasteiger partial charge in [0.1, 0.15) is 13.2 Å². The predicted molar refractivity (Wildman–Crippen MR) is 131 cm³/mol. The molecule has 0 saturated carbocycles. The summed E-state index contributed by atoms with van der Waals surface area (Å²) in [5.41, 5.74) is 3.44. The van der Waals surface area contributed by atoms with Crippen molar-refractivity contribution in [1.29, 1.82) is 0 Å². The number of nitrogens with one attached hydrogen (secondary N) is 1. The van der Waals surface area contributed by atoms with Gasteiger partial charge in [0, 0.05) is 5.69 Å². The van der Waals surface area contributed by atoms with Gasteiger partial charge in [0.15, 0.2) is 11.5 Å².